The van der Waals surface area contributed by atoms with Crippen molar-refractivity contribution in [3.8, 4) is 0 Å². The summed E-state index contributed by atoms with van der Waals surface area (Å²) in [5.41, 5.74) is 3.79. The molecule has 3 heteroatoms. The van der Waals surface area contributed by atoms with E-state index in [1.54, 1.807) is 0 Å². The fourth-order valence-electron chi connectivity index (χ4n) is 2.42. The Morgan fingerprint density at radius 3 is 2.71 bits per heavy atom. The standard InChI is InChI=1S/C14H19NO2/c1-9-4-5-11(6-10(9)2)12-7-15-8-13(12)14(16)17-3/h4-6,12-13,15H,7-8H2,1-3H3. The molecule has 0 bridgehead atoms. The molecule has 1 N–H and O–H groups in total. The van der Waals surface area contributed by atoms with Crippen LogP contribution in [0, 0.1) is 19.8 Å². The molecule has 2 rings (SSSR count). The fourth-order valence-corrected chi connectivity index (χ4v) is 2.42. The first kappa shape index (κ1) is 12.1. The zero-order valence-electron chi connectivity index (χ0n) is 10.6. The van der Waals surface area contributed by atoms with Gasteiger partial charge in [-0.2, -0.15) is 0 Å². The van der Waals surface area contributed by atoms with Crippen molar-refractivity contribution in [1.82, 2.24) is 5.32 Å². The highest BCUT2D eigenvalue weighted by atomic mass is 16.5. The molecule has 0 amide bonds. The minimum atomic E-state index is -0.113. The van der Waals surface area contributed by atoms with Crippen LogP contribution in [-0.2, 0) is 9.53 Å². The Morgan fingerprint density at radius 2 is 2.06 bits per heavy atom. The molecule has 1 aliphatic heterocycles. The minimum Gasteiger partial charge on any atom is -0.469 e. The summed E-state index contributed by atoms with van der Waals surface area (Å²) in [6, 6.07) is 6.43. The van der Waals surface area contributed by atoms with Crippen LogP contribution in [0.5, 0.6) is 0 Å². The summed E-state index contributed by atoms with van der Waals surface area (Å²) in [4.78, 5) is 11.7. The zero-order valence-corrected chi connectivity index (χ0v) is 10.6. The molecule has 0 spiro atoms. The molecule has 0 radical (unpaired) electrons. The highest BCUT2D eigenvalue weighted by molar-refractivity contribution is 5.74. The molecule has 1 heterocycles. The smallest absolute Gasteiger partial charge is 0.310 e. The molecule has 2 unspecified atom stereocenters. The molecule has 1 aromatic rings. The van der Waals surface area contributed by atoms with E-state index in [0.29, 0.717) is 6.54 Å². The van der Waals surface area contributed by atoms with Gasteiger partial charge in [0.15, 0.2) is 0 Å². The molecule has 0 aliphatic carbocycles. The number of ether oxygens (including phenoxy) is 1. The summed E-state index contributed by atoms with van der Waals surface area (Å²) in [5, 5.41) is 3.27. The van der Waals surface area contributed by atoms with Gasteiger partial charge in [-0.15, -0.1) is 0 Å². The molecule has 0 aromatic heterocycles. The van der Waals surface area contributed by atoms with Crippen molar-refractivity contribution in [1.29, 1.82) is 0 Å². The number of hydrogen-bond donors (Lipinski definition) is 1. The maximum Gasteiger partial charge on any atom is 0.310 e. The van der Waals surface area contributed by atoms with Crippen LogP contribution >= 0.6 is 0 Å². The Balaban J connectivity index is 2.26. The average Bonchev–Trinajstić information content (AvgIpc) is 2.80. The van der Waals surface area contributed by atoms with Crippen LogP contribution in [0.3, 0.4) is 0 Å². The molecule has 1 saturated heterocycles. The molecular formula is C14H19NO2. The summed E-state index contributed by atoms with van der Waals surface area (Å²) >= 11 is 0. The molecule has 1 aliphatic rings. The van der Waals surface area contributed by atoms with Crippen LogP contribution in [0.2, 0.25) is 0 Å². The van der Waals surface area contributed by atoms with Crippen molar-refractivity contribution in [3.05, 3.63) is 34.9 Å². The van der Waals surface area contributed by atoms with Gasteiger partial charge in [-0.25, -0.2) is 0 Å². The lowest BCUT2D eigenvalue weighted by molar-refractivity contribution is -0.145. The number of benzene rings is 1. The summed E-state index contributed by atoms with van der Waals surface area (Å²) in [6.45, 7) is 5.77. The number of methoxy groups -OCH3 is 1. The van der Waals surface area contributed by atoms with Crippen LogP contribution in [0.1, 0.15) is 22.6 Å². The number of hydrogen-bond acceptors (Lipinski definition) is 3. The molecule has 1 aromatic carbocycles. The summed E-state index contributed by atoms with van der Waals surface area (Å²) in [7, 11) is 1.46. The molecule has 2 atom stereocenters. The number of carbonyl (C=O) groups excluding carboxylic acids is 1. The number of nitrogens with one attached hydrogen (secondary N) is 1. The van der Waals surface area contributed by atoms with E-state index in [1.807, 2.05) is 0 Å². The lowest BCUT2D eigenvalue weighted by Crippen LogP contribution is -2.23. The Labute approximate surface area is 102 Å². The van der Waals surface area contributed by atoms with Gasteiger partial charge in [0.25, 0.3) is 0 Å². The number of carbonyl (C=O) groups is 1. The minimum absolute atomic E-state index is 0.0536. The fraction of sp³-hybridized carbons (Fsp3) is 0.500. The molecule has 17 heavy (non-hydrogen) atoms. The van der Waals surface area contributed by atoms with Crippen LogP contribution < -0.4 is 5.32 Å². The van der Waals surface area contributed by atoms with Crippen molar-refractivity contribution in [3.63, 3.8) is 0 Å². The van der Waals surface area contributed by atoms with Crippen LogP contribution in [0.4, 0.5) is 0 Å². The van der Waals surface area contributed by atoms with Gasteiger partial charge in [0, 0.05) is 19.0 Å². The molecule has 0 saturated carbocycles. The predicted molar refractivity (Wildman–Crippen MR) is 67.0 cm³/mol. The van der Waals surface area contributed by atoms with Gasteiger partial charge in [-0.05, 0) is 30.5 Å². The van der Waals surface area contributed by atoms with Crippen LogP contribution in [0.15, 0.2) is 18.2 Å². The monoisotopic (exact) mass is 233 g/mol. The average molecular weight is 233 g/mol. The molecule has 1 fully saturated rings. The van der Waals surface area contributed by atoms with Crippen LogP contribution in [-0.4, -0.2) is 26.2 Å². The number of esters is 1. The third kappa shape index (κ3) is 2.34. The quantitative estimate of drug-likeness (QED) is 0.791. The van der Waals surface area contributed by atoms with Crippen molar-refractivity contribution in [2.45, 2.75) is 19.8 Å². The largest absolute Gasteiger partial charge is 0.469 e. The van der Waals surface area contributed by atoms with Crippen molar-refractivity contribution in [2.75, 3.05) is 20.2 Å². The SMILES string of the molecule is COC(=O)C1CNCC1c1ccc(C)c(C)c1. The lowest BCUT2D eigenvalue weighted by Gasteiger charge is -2.17. The maximum atomic E-state index is 11.7. The molecule has 3 nitrogen and oxygen atoms in total. The van der Waals surface area contributed by atoms with E-state index < -0.39 is 0 Å². The second kappa shape index (κ2) is 4.88. The van der Waals surface area contributed by atoms with Crippen molar-refractivity contribution in [2.24, 2.45) is 5.92 Å². The van der Waals surface area contributed by atoms with Gasteiger partial charge in [-0.3, -0.25) is 4.79 Å². The van der Waals surface area contributed by atoms with Crippen LogP contribution in [0.25, 0.3) is 0 Å². The Hall–Kier alpha value is -1.35. The summed E-state index contributed by atoms with van der Waals surface area (Å²) in [6.07, 6.45) is 0. The third-order valence-electron chi connectivity index (χ3n) is 3.68. The van der Waals surface area contributed by atoms with Gasteiger partial charge in [0.2, 0.25) is 0 Å². The van der Waals surface area contributed by atoms with Gasteiger partial charge < -0.3 is 10.1 Å². The maximum absolute atomic E-state index is 11.7. The number of rotatable bonds is 2. The second-order valence-electron chi connectivity index (χ2n) is 4.74. The highest BCUT2D eigenvalue weighted by Crippen LogP contribution is 2.30. The van der Waals surface area contributed by atoms with E-state index in [2.05, 4.69) is 37.4 Å². The predicted octanol–water partition coefficient (Wildman–Crippen LogP) is 1.78. The Bertz CT molecular complexity index is 428. The first-order chi connectivity index (χ1) is 8.13. The molecule has 92 valence electrons. The highest BCUT2D eigenvalue weighted by Gasteiger charge is 2.34. The van der Waals surface area contributed by atoms with E-state index in [0.717, 1.165) is 6.54 Å². The first-order valence-electron chi connectivity index (χ1n) is 5.99. The Morgan fingerprint density at radius 1 is 1.29 bits per heavy atom. The normalized spacial score (nSPS) is 23.7. The van der Waals surface area contributed by atoms with Crippen molar-refractivity contribution >= 4 is 5.97 Å². The van der Waals surface area contributed by atoms with E-state index in [4.69, 9.17) is 4.74 Å². The van der Waals surface area contributed by atoms with Crippen molar-refractivity contribution < 1.29 is 9.53 Å². The van der Waals surface area contributed by atoms with E-state index in [-0.39, 0.29) is 17.8 Å². The van der Waals surface area contributed by atoms with E-state index >= 15 is 0 Å². The van der Waals surface area contributed by atoms with Gasteiger partial charge >= 0.3 is 5.97 Å². The first-order valence-corrected chi connectivity index (χ1v) is 5.99. The van der Waals surface area contributed by atoms with E-state index in [1.165, 1.54) is 23.8 Å². The van der Waals surface area contributed by atoms with Gasteiger partial charge in [0.05, 0.1) is 13.0 Å². The van der Waals surface area contributed by atoms with E-state index in [9.17, 15) is 4.79 Å². The van der Waals surface area contributed by atoms with Gasteiger partial charge in [0.1, 0.15) is 0 Å². The zero-order chi connectivity index (χ0) is 12.4. The summed E-state index contributed by atoms with van der Waals surface area (Å²) < 4.78 is 4.86. The second-order valence-corrected chi connectivity index (χ2v) is 4.74. The topological polar surface area (TPSA) is 38.3 Å². The lowest BCUT2D eigenvalue weighted by atomic mass is 9.87. The summed E-state index contributed by atoms with van der Waals surface area (Å²) in [5.74, 6) is 0.0714. The van der Waals surface area contributed by atoms with Gasteiger partial charge in [-0.1, -0.05) is 18.2 Å². The Kier molecular flexibility index (Phi) is 3.48. The number of aryl methyl sites for hydroxylation is 2. The third-order valence-corrected chi connectivity index (χ3v) is 3.68. The molecular weight excluding hydrogens is 214 g/mol.